The van der Waals surface area contributed by atoms with Gasteiger partial charge in [0.05, 0.1) is 13.0 Å². The molecule has 1 N–H and O–H groups in total. The molecule has 0 saturated heterocycles. The van der Waals surface area contributed by atoms with Crippen LogP contribution >= 0.6 is 0 Å². The fraction of sp³-hybridized carbons (Fsp3) is 0.600. The molecule has 0 bridgehead atoms. The lowest BCUT2D eigenvalue weighted by molar-refractivity contribution is -0.139. The summed E-state index contributed by atoms with van der Waals surface area (Å²) in [6, 6.07) is -0.848. The van der Waals surface area contributed by atoms with Gasteiger partial charge < -0.3 is 14.9 Å². The zero-order valence-corrected chi connectivity index (χ0v) is 9.70. The summed E-state index contributed by atoms with van der Waals surface area (Å²) in [6.45, 7) is -1.48. The van der Waals surface area contributed by atoms with Crippen molar-refractivity contribution in [2.75, 3.05) is 26.7 Å². The Morgan fingerprint density at radius 1 is 1.39 bits per heavy atom. The molecule has 0 spiro atoms. The van der Waals surface area contributed by atoms with E-state index in [-0.39, 0.29) is 6.54 Å². The van der Waals surface area contributed by atoms with E-state index in [1.54, 1.807) is 0 Å². The number of terminal acetylenes is 1. The summed E-state index contributed by atoms with van der Waals surface area (Å²) in [4.78, 5) is 23.6. The van der Waals surface area contributed by atoms with E-state index >= 15 is 0 Å². The van der Waals surface area contributed by atoms with Crippen LogP contribution < -0.4 is 0 Å². The summed E-state index contributed by atoms with van der Waals surface area (Å²) in [5.74, 6) is 0.785. The zero-order chi connectivity index (χ0) is 14.3. The van der Waals surface area contributed by atoms with Gasteiger partial charge in [-0.2, -0.15) is 13.2 Å². The van der Waals surface area contributed by atoms with Crippen molar-refractivity contribution in [2.24, 2.45) is 0 Å². The second-order valence-electron chi connectivity index (χ2n) is 3.52. The molecule has 0 aromatic heterocycles. The van der Waals surface area contributed by atoms with E-state index < -0.39 is 37.7 Å². The normalized spacial score (nSPS) is 10.6. The average Bonchev–Trinajstić information content (AvgIpc) is 2.22. The largest absolute Gasteiger partial charge is 0.480 e. The van der Waals surface area contributed by atoms with Crippen molar-refractivity contribution in [1.82, 2.24) is 9.80 Å². The number of aliphatic carboxylic acids is 1. The summed E-state index contributed by atoms with van der Waals surface area (Å²) in [5, 5.41) is 8.54. The molecule has 0 heterocycles. The summed E-state index contributed by atoms with van der Waals surface area (Å²) >= 11 is 0. The second-order valence-corrected chi connectivity index (χ2v) is 3.52. The molecular weight excluding hydrogens is 253 g/mol. The number of rotatable bonds is 5. The lowest BCUT2D eigenvalue weighted by Gasteiger charge is -2.25. The van der Waals surface area contributed by atoms with Crippen LogP contribution in [0, 0.1) is 12.3 Å². The fourth-order valence-corrected chi connectivity index (χ4v) is 1.10. The van der Waals surface area contributed by atoms with Crippen molar-refractivity contribution in [3.05, 3.63) is 0 Å². The minimum atomic E-state index is -4.38. The van der Waals surface area contributed by atoms with Crippen LogP contribution in [0.5, 0.6) is 0 Å². The molecule has 0 aliphatic heterocycles. The van der Waals surface area contributed by atoms with E-state index in [9.17, 15) is 22.8 Å². The highest BCUT2D eigenvalue weighted by molar-refractivity contribution is 5.80. The van der Waals surface area contributed by atoms with Gasteiger partial charge in [-0.3, -0.25) is 4.79 Å². The van der Waals surface area contributed by atoms with Gasteiger partial charge in [-0.25, -0.2) is 4.79 Å². The van der Waals surface area contributed by atoms with Crippen LogP contribution in [0.15, 0.2) is 0 Å². The van der Waals surface area contributed by atoms with Gasteiger partial charge in [-0.05, 0) is 0 Å². The molecule has 0 aromatic carbocycles. The SMILES string of the molecule is C#CCN(CC(=O)O)C(=O)N(C)CCC(F)(F)F. The van der Waals surface area contributed by atoms with Crippen molar-refractivity contribution in [3.63, 3.8) is 0 Å². The van der Waals surface area contributed by atoms with Gasteiger partial charge in [0.2, 0.25) is 0 Å². The number of halogens is 3. The predicted octanol–water partition coefficient (Wildman–Crippen LogP) is 1.01. The fourth-order valence-electron chi connectivity index (χ4n) is 1.10. The highest BCUT2D eigenvalue weighted by Crippen LogP contribution is 2.19. The molecule has 0 saturated carbocycles. The molecule has 0 rings (SSSR count). The molecule has 0 radical (unpaired) electrons. The summed E-state index contributed by atoms with van der Waals surface area (Å²) in [6.07, 6.45) is -0.586. The molecule has 0 atom stereocenters. The Kier molecular flexibility index (Phi) is 6.02. The molecule has 2 amide bonds. The first-order valence-corrected chi connectivity index (χ1v) is 4.89. The number of nitrogens with zero attached hydrogens (tertiary/aromatic N) is 2. The predicted molar refractivity (Wildman–Crippen MR) is 56.7 cm³/mol. The third kappa shape index (κ3) is 6.62. The Balaban J connectivity index is 4.47. The number of hydrogen-bond donors (Lipinski definition) is 1. The number of amides is 2. The van der Waals surface area contributed by atoms with E-state index in [2.05, 4.69) is 5.92 Å². The molecule has 0 unspecified atom stereocenters. The Labute approximate surface area is 102 Å². The highest BCUT2D eigenvalue weighted by Gasteiger charge is 2.29. The van der Waals surface area contributed by atoms with Crippen LogP contribution in [0.3, 0.4) is 0 Å². The number of carbonyl (C=O) groups excluding carboxylic acids is 1. The van der Waals surface area contributed by atoms with Crippen LogP contribution in [0.1, 0.15) is 6.42 Å². The second kappa shape index (κ2) is 6.74. The topological polar surface area (TPSA) is 60.9 Å². The molecule has 8 heteroatoms. The van der Waals surface area contributed by atoms with Gasteiger partial charge in [0, 0.05) is 13.6 Å². The Hall–Kier alpha value is -1.91. The Morgan fingerprint density at radius 2 is 1.94 bits per heavy atom. The number of alkyl halides is 3. The first-order chi connectivity index (χ1) is 8.17. The Bertz CT molecular complexity index is 349. The molecule has 0 aliphatic rings. The van der Waals surface area contributed by atoms with E-state index in [4.69, 9.17) is 11.5 Å². The average molecular weight is 266 g/mol. The molecular formula is C10H13F3N2O3. The van der Waals surface area contributed by atoms with Crippen molar-refractivity contribution >= 4 is 12.0 Å². The van der Waals surface area contributed by atoms with E-state index in [1.165, 1.54) is 0 Å². The number of carboxylic acid groups (broad SMARTS) is 1. The molecule has 102 valence electrons. The lowest BCUT2D eigenvalue weighted by atomic mass is 10.4. The van der Waals surface area contributed by atoms with E-state index in [0.29, 0.717) is 0 Å². The van der Waals surface area contributed by atoms with Gasteiger partial charge in [0.1, 0.15) is 6.54 Å². The molecule has 18 heavy (non-hydrogen) atoms. The van der Waals surface area contributed by atoms with Crippen LogP contribution in [0.4, 0.5) is 18.0 Å². The zero-order valence-electron chi connectivity index (χ0n) is 9.70. The first kappa shape index (κ1) is 16.1. The lowest BCUT2D eigenvalue weighted by Crippen LogP contribution is -2.44. The summed E-state index contributed by atoms with van der Waals surface area (Å²) < 4.78 is 35.9. The maximum atomic E-state index is 12.0. The van der Waals surface area contributed by atoms with Gasteiger partial charge in [0.15, 0.2) is 0 Å². The van der Waals surface area contributed by atoms with Gasteiger partial charge >= 0.3 is 18.2 Å². The monoisotopic (exact) mass is 266 g/mol. The van der Waals surface area contributed by atoms with Crippen molar-refractivity contribution < 1.29 is 27.9 Å². The smallest absolute Gasteiger partial charge is 0.390 e. The van der Waals surface area contributed by atoms with Crippen molar-refractivity contribution in [3.8, 4) is 12.3 Å². The molecule has 0 aliphatic carbocycles. The van der Waals surface area contributed by atoms with E-state index in [1.807, 2.05) is 0 Å². The highest BCUT2D eigenvalue weighted by atomic mass is 19.4. The summed E-state index contributed by atoms with van der Waals surface area (Å²) in [7, 11) is 1.15. The third-order valence-corrected chi connectivity index (χ3v) is 1.94. The maximum Gasteiger partial charge on any atom is 0.390 e. The molecule has 5 nitrogen and oxygen atoms in total. The van der Waals surface area contributed by atoms with Gasteiger partial charge in [-0.1, -0.05) is 5.92 Å². The number of hydrogen-bond acceptors (Lipinski definition) is 2. The number of carbonyl (C=O) groups is 2. The summed E-state index contributed by atoms with van der Waals surface area (Å²) in [5.41, 5.74) is 0. The standard InChI is InChI=1S/C10H13F3N2O3/c1-3-5-15(7-8(16)17)9(18)14(2)6-4-10(11,12)13/h1H,4-7H2,2H3,(H,16,17). The van der Waals surface area contributed by atoms with Crippen molar-refractivity contribution in [2.45, 2.75) is 12.6 Å². The van der Waals surface area contributed by atoms with Gasteiger partial charge in [-0.15, -0.1) is 6.42 Å². The minimum absolute atomic E-state index is 0.276. The maximum absolute atomic E-state index is 12.0. The van der Waals surface area contributed by atoms with E-state index in [0.717, 1.165) is 16.8 Å². The van der Waals surface area contributed by atoms with Crippen LogP contribution in [-0.4, -0.2) is 59.8 Å². The number of carboxylic acids is 1. The van der Waals surface area contributed by atoms with Crippen LogP contribution in [0.2, 0.25) is 0 Å². The minimum Gasteiger partial charge on any atom is -0.480 e. The number of urea groups is 1. The molecule has 0 fully saturated rings. The first-order valence-electron chi connectivity index (χ1n) is 4.89. The van der Waals surface area contributed by atoms with Gasteiger partial charge in [0.25, 0.3) is 0 Å². The third-order valence-electron chi connectivity index (χ3n) is 1.94. The van der Waals surface area contributed by atoms with Crippen LogP contribution in [-0.2, 0) is 4.79 Å². The molecule has 0 aromatic rings. The van der Waals surface area contributed by atoms with Crippen LogP contribution in [0.25, 0.3) is 0 Å². The van der Waals surface area contributed by atoms with Crippen molar-refractivity contribution in [1.29, 1.82) is 0 Å². The Morgan fingerprint density at radius 3 is 2.33 bits per heavy atom. The quantitative estimate of drug-likeness (QED) is 0.755.